The summed E-state index contributed by atoms with van der Waals surface area (Å²) in [4.78, 5) is 0.732. The van der Waals surface area contributed by atoms with Crippen molar-refractivity contribution in [2.45, 2.75) is 41.6 Å². The molecule has 1 heterocycles. The number of ether oxygens (including phenoxy) is 1. The minimum absolute atomic E-state index is 0.384. The molecule has 2 aromatic carbocycles. The molecule has 0 aromatic heterocycles. The van der Waals surface area contributed by atoms with Crippen LogP contribution in [-0.4, -0.2) is 51.7 Å². The Kier molecular flexibility index (Phi) is 7.92. The van der Waals surface area contributed by atoms with E-state index in [9.17, 15) is 15.3 Å². The molecule has 0 spiro atoms. The summed E-state index contributed by atoms with van der Waals surface area (Å²) in [7, 11) is 0. The predicted molar refractivity (Wildman–Crippen MR) is 120 cm³/mol. The van der Waals surface area contributed by atoms with Gasteiger partial charge in [-0.1, -0.05) is 58.7 Å². The number of aliphatic hydroxyl groups excluding tert-OH is 3. The standard InChI is InChI=1S/C21H24Cl2N2O4S/c1-11-3-2-4-12(7-11)16(24)9-25-18-19(27)17(10-26)29-21(20(18)28)30-13-5-6-14(22)15(23)8-13/h2-9,17-21,25-28H,10,24H2,1H3/b16-9-. The molecule has 0 radical (unpaired) electrons. The molecule has 1 saturated heterocycles. The van der Waals surface area contributed by atoms with Crippen LogP contribution in [0, 0.1) is 6.92 Å². The molecule has 0 amide bonds. The number of halogens is 2. The molecule has 6 N–H and O–H groups in total. The second-order valence-electron chi connectivity index (χ2n) is 7.06. The first kappa shape index (κ1) is 23.2. The Morgan fingerprint density at radius 1 is 1.17 bits per heavy atom. The second kappa shape index (κ2) is 10.2. The summed E-state index contributed by atoms with van der Waals surface area (Å²) < 4.78 is 5.72. The molecule has 30 heavy (non-hydrogen) atoms. The van der Waals surface area contributed by atoms with Gasteiger partial charge in [-0.15, -0.1) is 0 Å². The van der Waals surface area contributed by atoms with Crippen molar-refractivity contribution in [2.75, 3.05) is 6.61 Å². The Hall–Kier alpha value is -1.45. The predicted octanol–water partition coefficient (Wildman–Crippen LogP) is 2.75. The Bertz CT molecular complexity index is 914. The van der Waals surface area contributed by atoms with Gasteiger partial charge >= 0.3 is 0 Å². The molecule has 162 valence electrons. The van der Waals surface area contributed by atoms with E-state index in [1.165, 1.54) is 11.8 Å². The van der Waals surface area contributed by atoms with Gasteiger partial charge in [0, 0.05) is 11.1 Å². The van der Waals surface area contributed by atoms with E-state index in [1.54, 1.807) is 24.4 Å². The van der Waals surface area contributed by atoms with Crippen molar-refractivity contribution in [3.63, 3.8) is 0 Å². The molecule has 0 bridgehead atoms. The average molecular weight is 471 g/mol. The maximum atomic E-state index is 10.8. The van der Waals surface area contributed by atoms with Gasteiger partial charge in [0.25, 0.3) is 0 Å². The Balaban J connectivity index is 1.78. The first-order valence-electron chi connectivity index (χ1n) is 9.33. The van der Waals surface area contributed by atoms with Crippen LogP contribution in [0.25, 0.3) is 5.70 Å². The number of aryl methyl sites for hydroxylation is 1. The summed E-state index contributed by atoms with van der Waals surface area (Å²) >= 11 is 13.2. The number of nitrogens with one attached hydrogen (secondary N) is 1. The summed E-state index contributed by atoms with van der Waals surface area (Å²) in [6.07, 6.45) is -1.56. The summed E-state index contributed by atoms with van der Waals surface area (Å²) in [5.74, 6) is 0. The molecule has 5 atom stereocenters. The molecule has 0 saturated carbocycles. The van der Waals surface area contributed by atoms with Crippen molar-refractivity contribution < 1.29 is 20.1 Å². The number of benzene rings is 2. The van der Waals surface area contributed by atoms with Crippen LogP contribution >= 0.6 is 35.0 Å². The van der Waals surface area contributed by atoms with Gasteiger partial charge in [-0.05, 0) is 36.8 Å². The normalized spacial score (nSPS) is 27.1. The number of hydrogen-bond donors (Lipinski definition) is 5. The van der Waals surface area contributed by atoms with Crippen LogP contribution in [0.5, 0.6) is 0 Å². The highest BCUT2D eigenvalue weighted by Gasteiger charge is 2.44. The van der Waals surface area contributed by atoms with Crippen molar-refractivity contribution in [3.05, 3.63) is 69.8 Å². The number of aliphatic hydroxyl groups is 3. The van der Waals surface area contributed by atoms with Crippen molar-refractivity contribution in [3.8, 4) is 0 Å². The van der Waals surface area contributed by atoms with Crippen LogP contribution in [0.3, 0.4) is 0 Å². The molecule has 9 heteroatoms. The zero-order chi connectivity index (χ0) is 21.8. The molecule has 1 aliphatic heterocycles. The molecule has 2 aromatic rings. The molecule has 6 nitrogen and oxygen atoms in total. The fourth-order valence-corrected chi connectivity index (χ4v) is 4.63. The van der Waals surface area contributed by atoms with Crippen LogP contribution in [0.1, 0.15) is 11.1 Å². The van der Waals surface area contributed by atoms with E-state index in [2.05, 4.69) is 5.32 Å². The van der Waals surface area contributed by atoms with E-state index in [-0.39, 0.29) is 0 Å². The Morgan fingerprint density at radius 2 is 1.93 bits per heavy atom. The zero-order valence-electron chi connectivity index (χ0n) is 16.2. The van der Waals surface area contributed by atoms with Gasteiger partial charge in [0.15, 0.2) is 0 Å². The first-order valence-corrected chi connectivity index (χ1v) is 11.0. The Morgan fingerprint density at radius 3 is 2.60 bits per heavy atom. The van der Waals surface area contributed by atoms with Gasteiger partial charge in [-0.3, -0.25) is 0 Å². The van der Waals surface area contributed by atoms with Gasteiger partial charge in [0.1, 0.15) is 23.7 Å². The minimum atomic E-state index is -1.14. The SMILES string of the molecule is Cc1cccc(/C(N)=C/NC2C(O)C(CO)OC(Sc3ccc(Cl)c(Cl)c3)C2O)c1. The molecule has 5 unspecified atom stereocenters. The van der Waals surface area contributed by atoms with Crippen LogP contribution in [-0.2, 0) is 4.74 Å². The number of hydrogen-bond acceptors (Lipinski definition) is 7. The zero-order valence-corrected chi connectivity index (χ0v) is 18.5. The third-order valence-corrected chi connectivity index (χ3v) is 6.70. The summed E-state index contributed by atoms with van der Waals surface area (Å²) in [6.45, 7) is 1.56. The molecule has 1 aliphatic rings. The van der Waals surface area contributed by atoms with Gasteiger partial charge in [0.05, 0.1) is 28.4 Å². The fraction of sp³-hybridized carbons (Fsp3) is 0.333. The van der Waals surface area contributed by atoms with Gasteiger partial charge in [0.2, 0.25) is 0 Å². The lowest BCUT2D eigenvalue weighted by Crippen LogP contribution is -2.62. The van der Waals surface area contributed by atoms with Crippen molar-refractivity contribution in [2.24, 2.45) is 5.73 Å². The lowest BCUT2D eigenvalue weighted by atomic mass is 9.97. The quantitative estimate of drug-likeness (QED) is 0.441. The van der Waals surface area contributed by atoms with E-state index >= 15 is 0 Å². The van der Waals surface area contributed by atoms with E-state index in [0.29, 0.717) is 15.7 Å². The number of rotatable bonds is 6. The van der Waals surface area contributed by atoms with Crippen LogP contribution < -0.4 is 11.1 Å². The molecule has 0 aliphatic carbocycles. The Labute approximate surface area is 189 Å². The fourth-order valence-electron chi connectivity index (χ4n) is 3.16. The average Bonchev–Trinajstić information content (AvgIpc) is 2.72. The molecule has 3 rings (SSSR count). The highest BCUT2D eigenvalue weighted by Crippen LogP contribution is 2.36. The topological polar surface area (TPSA) is 108 Å². The molecule has 1 fully saturated rings. The lowest BCUT2D eigenvalue weighted by molar-refractivity contribution is -0.164. The maximum absolute atomic E-state index is 10.8. The van der Waals surface area contributed by atoms with E-state index in [0.717, 1.165) is 16.0 Å². The third kappa shape index (κ3) is 5.42. The maximum Gasteiger partial charge on any atom is 0.136 e. The summed E-state index contributed by atoms with van der Waals surface area (Å²) in [6, 6.07) is 11.9. The van der Waals surface area contributed by atoms with Crippen LogP contribution in [0.2, 0.25) is 10.0 Å². The molecular weight excluding hydrogens is 447 g/mol. The second-order valence-corrected chi connectivity index (χ2v) is 9.05. The van der Waals surface area contributed by atoms with Gasteiger partial charge in [-0.25, -0.2) is 0 Å². The van der Waals surface area contributed by atoms with Gasteiger partial charge in [-0.2, -0.15) is 0 Å². The van der Waals surface area contributed by atoms with Crippen LogP contribution in [0.4, 0.5) is 0 Å². The first-order chi connectivity index (χ1) is 14.3. The summed E-state index contributed by atoms with van der Waals surface area (Å²) in [5, 5.41) is 34.9. The van der Waals surface area contributed by atoms with E-state index in [1.807, 2.05) is 31.2 Å². The minimum Gasteiger partial charge on any atom is -0.397 e. The van der Waals surface area contributed by atoms with E-state index < -0.39 is 36.4 Å². The van der Waals surface area contributed by atoms with Crippen molar-refractivity contribution in [1.82, 2.24) is 5.32 Å². The summed E-state index contributed by atoms with van der Waals surface area (Å²) in [5.41, 5.74) is 7.73. The van der Waals surface area contributed by atoms with Crippen molar-refractivity contribution in [1.29, 1.82) is 0 Å². The monoisotopic (exact) mass is 470 g/mol. The van der Waals surface area contributed by atoms with Crippen LogP contribution in [0.15, 0.2) is 53.6 Å². The number of thioether (sulfide) groups is 1. The highest BCUT2D eigenvalue weighted by molar-refractivity contribution is 7.99. The van der Waals surface area contributed by atoms with Gasteiger partial charge < -0.3 is 31.1 Å². The largest absolute Gasteiger partial charge is 0.397 e. The highest BCUT2D eigenvalue weighted by atomic mass is 35.5. The van der Waals surface area contributed by atoms with E-state index in [4.69, 9.17) is 33.7 Å². The van der Waals surface area contributed by atoms with Crippen molar-refractivity contribution >= 4 is 40.7 Å². The lowest BCUT2D eigenvalue weighted by Gasteiger charge is -2.42. The number of nitrogens with two attached hydrogens (primary N) is 1. The third-order valence-electron chi connectivity index (χ3n) is 4.81. The molecular formula is C21H24Cl2N2O4S. The smallest absolute Gasteiger partial charge is 0.136 e.